The summed E-state index contributed by atoms with van der Waals surface area (Å²) in [6.07, 6.45) is 6.32. The average Bonchev–Trinajstić information content (AvgIpc) is 2.28. The third-order valence-electron chi connectivity index (χ3n) is 4.47. The molecule has 1 heteroatoms. The van der Waals surface area contributed by atoms with Gasteiger partial charge in [0.05, 0.1) is 0 Å². The van der Waals surface area contributed by atoms with Crippen LogP contribution in [-0.4, -0.2) is 5.11 Å². The van der Waals surface area contributed by atoms with Crippen LogP contribution in [0.2, 0.25) is 0 Å². The standard InChI is InChI=1S/C17H26O/c1-16(2,3)13-8-9-15(18)14(12-13)17(4)10-6-5-7-11-17/h8-9,12,18H,5-7,10-11H2,1-4H3. The first-order chi connectivity index (χ1) is 8.33. The molecule has 0 radical (unpaired) electrons. The minimum atomic E-state index is 0.146. The lowest BCUT2D eigenvalue weighted by Gasteiger charge is -2.35. The number of phenols is 1. The smallest absolute Gasteiger partial charge is 0.119 e. The van der Waals surface area contributed by atoms with Gasteiger partial charge in [-0.1, -0.05) is 59.1 Å². The molecule has 1 fully saturated rings. The molecule has 1 N–H and O–H groups in total. The highest BCUT2D eigenvalue weighted by atomic mass is 16.3. The fourth-order valence-electron chi connectivity index (χ4n) is 3.09. The van der Waals surface area contributed by atoms with Crippen molar-refractivity contribution >= 4 is 0 Å². The molecule has 1 aliphatic carbocycles. The molecular weight excluding hydrogens is 220 g/mol. The quantitative estimate of drug-likeness (QED) is 0.746. The molecule has 0 aliphatic heterocycles. The molecule has 18 heavy (non-hydrogen) atoms. The van der Waals surface area contributed by atoms with Crippen LogP contribution in [0, 0.1) is 0 Å². The van der Waals surface area contributed by atoms with Crippen LogP contribution in [0.25, 0.3) is 0 Å². The van der Waals surface area contributed by atoms with Crippen LogP contribution in [0.3, 0.4) is 0 Å². The summed E-state index contributed by atoms with van der Waals surface area (Å²) >= 11 is 0. The van der Waals surface area contributed by atoms with E-state index < -0.39 is 0 Å². The lowest BCUT2D eigenvalue weighted by Crippen LogP contribution is -2.26. The van der Waals surface area contributed by atoms with E-state index in [1.165, 1.54) is 37.7 Å². The van der Waals surface area contributed by atoms with E-state index in [0.29, 0.717) is 5.75 Å². The first-order valence-electron chi connectivity index (χ1n) is 7.17. The Morgan fingerprint density at radius 3 is 2.22 bits per heavy atom. The van der Waals surface area contributed by atoms with Crippen molar-refractivity contribution in [3.8, 4) is 5.75 Å². The molecule has 0 bridgehead atoms. The molecule has 1 aromatic rings. The van der Waals surface area contributed by atoms with Crippen molar-refractivity contribution in [1.29, 1.82) is 0 Å². The van der Waals surface area contributed by atoms with Crippen molar-refractivity contribution in [2.75, 3.05) is 0 Å². The number of hydrogen-bond acceptors (Lipinski definition) is 1. The number of phenolic OH excluding ortho intramolecular Hbond substituents is 1. The predicted octanol–water partition coefficient (Wildman–Crippen LogP) is 4.91. The highest BCUT2D eigenvalue weighted by Crippen LogP contribution is 2.43. The molecule has 0 heterocycles. The topological polar surface area (TPSA) is 20.2 Å². The van der Waals surface area contributed by atoms with Gasteiger partial charge in [0.25, 0.3) is 0 Å². The molecule has 0 amide bonds. The zero-order valence-corrected chi connectivity index (χ0v) is 12.2. The molecule has 1 saturated carbocycles. The van der Waals surface area contributed by atoms with Crippen molar-refractivity contribution in [2.24, 2.45) is 0 Å². The van der Waals surface area contributed by atoms with Gasteiger partial charge in [-0.15, -0.1) is 0 Å². The van der Waals surface area contributed by atoms with Crippen LogP contribution < -0.4 is 0 Å². The maximum Gasteiger partial charge on any atom is 0.119 e. The molecule has 0 saturated heterocycles. The van der Waals surface area contributed by atoms with Gasteiger partial charge in [0.1, 0.15) is 5.75 Å². The third kappa shape index (κ3) is 2.55. The van der Waals surface area contributed by atoms with Gasteiger partial charge in [0.2, 0.25) is 0 Å². The van der Waals surface area contributed by atoms with Crippen molar-refractivity contribution < 1.29 is 5.11 Å². The summed E-state index contributed by atoms with van der Waals surface area (Å²) in [6.45, 7) is 9.00. The van der Waals surface area contributed by atoms with Crippen molar-refractivity contribution in [3.05, 3.63) is 29.3 Å². The fourth-order valence-corrected chi connectivity index (χ4v) is 3.09. The van der Waals surface area contributed by atoms with Crippen LogP contribution in [0.5, 0.6) is 5.75 Å². The Morgan fingerprint density at radius 1 is 1.06 bits per heavy atom. The number of hydrogen-bond donors (Lipinski definition) is 1. The van der Waals surface area contributed by atoms with Gasteiger partial charge in [0.15, 0.2) is 0 Å². The van der Waals surface area contributed by atoms with Crippen molar-refractivity contribution in [3.63, 3.8) is 0 Å². The zero-order chi connectivity index (χ0) is 13.4. The molecule has 1 nitrogen and oxygen atoms in total. The van der Waals surface area contributed by atoms with Gasteiger partial charge in [-0.05, 0) is 35.3 Å². The number of benzene rings is 1. The summed E-state index contributed by atoms with van der Waals surface area (Å²) in [5, 5.41) is 10.2. The SMILES string of the molecule is CC(C)(C)c1ccc(O)c(C2(C)CCCCC2)c1. The molecule has 1 aromatic carbocycles. The maximum absolute atomic E-state index is 10.2. The van der Waals surface area contributed by atoms with Gasteiger partial charge >= 0.3 is 0 Å². The third-order valence-corrected chi connectivity index (χ3v) is 4.47. The summed E-state index contributed by atoms with van der Waals surface area (Å²) in [7, 11) is 0. The van der Waals surface area contributed by atoms with Gasteiger partial charge < -0.3 is 5.11 Å². The Balaban J connectivity index is 2.43. The highest BCUT2D eigenvalue weighted by Gasteiger charge is 2.32. The lowest BCUT2D eigenvalue weighted by atomic mass is 9.69. The largest absolute Gasteiger partial charge is 0.508 e. The van der Waals surface area contributed by atoms with E-state index >= 15 is 0 Å². The monoisotopic (exact) mass is 246 g/mol. The summed E-state index contributed by atoms with van der Waals surface area (Å²) in [5.74, 6) is 0.479. The Labute approximate surface area is 111 Å². The second-order valence-corrected chi connectivity index (χ2v) is 7.10. The maximum atomic E-state index is 10.2. The average molecular weight is 246 g/mol. The Kier molecular flexibility index (Phi) is 3.44. The number of rotatable bonds is 1. The Bertz CT molecular complexity index is 420. The Hall–Kier alpha value is -0.980. The van der Waals surface area contributed by atoms with Crippen molar-refractivity contribution in [2.45, 2.75) is 70.6 Å². The number of aromatic hydroxyl groups is 1. The molecule has 1 aliphatic rings. The van der Waals surface area contributed by atoms with E-state index in [1.54, 1.807) is 0 Å². The van der Waals surface area contributed by atoms with Gasteiger partial charge in [-0.3, -0.25) is 0 Å². The summed E-state index contributed by atoms with van der Waals surface area (Å²) in [6, 6.07) is 6.18. The summed E-state index contributed by atoms with van der Waals surface area (Å²) in [5.41, 5.74) is 2.80. The van der Waals surface area contributed by atoms with E-state index in [1.807, 2.05) is 6.07 Å². The second kappa shape index (κ2) is 4.60. The molecule has 0 spiro atoms. The van der Waals surface area contributed by atoms with Gasteiger partial charge in [0, 0.05) is 5.56 Å². The minimum Gasteiger partial charge on any atom is -0.508 e. The molecule has 2 rings (SSSR count). The minimum absolute atomic E-state index is 0.146. The lowest BCUT2D eigenvalue weighted by molar-refractivity contribution is 0.307. The first kappa shape index (κ1) is 13.5. The fraction of sp³-hybridized carbons (Fsp3) is 0.647. The van der Waals surface area contributed by atoms with Crippen LogP contribution >= 0.6 is 0 Å². The van der Waals surface area contributed by atoms with Crippen LogP contribution in [-0.2, 0) is 10.8 Å². The van der Waals surface area contributed by atoms with Crippen LogP contribution in [0.4, 0.5) is 0 Å². The van der Waals surface area contributed by atoms with Gasteiger partial charge in [-0.25, -0.2) is 0 Å². The zero-order valence-electron chi connectivity index (χ0n) is 12.2. The summed E-state index contributed by atoms with van der Waals surface area (Å²) in [4.78, 5) is 0. The molecule has 100 valence electrons. The molecular formula is C17H26O. The second-order valence-electron chi connectivity index (χ2n) is 7.10. The van der Waals surface area contributed by atoms with Crippen LogP contribution in [0.1, 0.15) is 70.9 Å². The van der Waals surface area contributed by atoms with E-state index in [9.17, 15) is 5.11 Å². The molecule has 0 aromatic heterocycles. The molecule has 0 atom stereocenters. The summed E-state index contributed by atoms with van der Waals surface area (Å²) < 4.78 is 0. The Morgan fingerprint density at radius 2 is 1.67 bits per heavy atom. The first-order valence-corrected chi connectivity index (χ1v) is 7.17. The van der Waals surface area contributed by atoms with E-state index in [-0.39, 0.29) is 10.8 Å². The van der Waals surface area contributed by atoms with Crippen LogP contribution in [0.15, 0.2) is 18.2 Å². The van der Waals surface area contributed by atoms with E-state index in [0.717, 1.165) is 5.56 Å². The predicted molar refractivity (Wildman–Crippen MR) is 77.2 cm³/mol. The highest BCUT2D eigenvalue weighted by molar-refractivity contribution is 5.43. The van der Waals surface area contributed by atoms with E-state index in [4.69, 9.17) is 0 Å². The van der Waals surface area contributed by atoms with E-state index in [2.05, 4.69) is 39.8 Å². The van der Waals surface area contributed by atoms with Crippen molar-refractivity contribution in [1.82, 2.24) is 0 Å². The van der Waals surface area contributed by atoms with Gasteiger partial charge in [-0.2, -0.15) is 0 Å². The molecule has 0 unspecified atom stereocenters. The normalized spacial score (nSPS) is 19.8.